The van der Waals surface area contributed by atoms with Crippen LogP contribution in [0.3, 0.4) is 0 Å². The van der Waals surface area contributed by atoms with Gasteiger partial charge in [-0.05, 0) is 112 Å². The Morgan fingerprint density at radius 3 is 1.55 bits per heavy atom. The molecule has 0 unspecified atom stereocenters. The molecule has 0 spiro atoms. The molecule has 2 aliphatic rings. The number of aromatic amines is 1. The molecule has 89 heavy (non-hydrogen) atoms. The van der Waals surface area contributed by atoms with Crippen molar-refractivity contribution in [1.82, 2.24) is 69.5 Å². The second-order valence-electron chi connectivity index (χ2n) is 21.8. The van der Waals surface area contributed by atoms with Crippen molar-refractivity contribution in [2.24, 2.45) is 0 Å². The fourth-order valence-electron chi connectivity index (χ4n) is 10.8. The number of fused-ring (bicyclic) bond motifs is 2. The summed E-state index contributed by atoms with van der Waals surface area (Å²) < 4.78 is 40.2. The predicted molar refractivity (Wildman–Crippen MR) is 333 cm³/mol. The maximum Gasteiger partial charge on any atom is 0.410 e. The van der Waals surface area contributed by atoms with Crippen LogP contribution < -0.4 is 10.6 Å². The third-order valence-corrected chi connectivity index (χ3v) is 15.5. The van der Waals surface area contributed by atoms with E-state index in [4.69, 9.17) is 41.9 Å². The SMILES string of the molecule is Cc1nc(-c2ccc3c(-c4nc(N[C@H]5CC[C@H](C)N(C(=O)OCc6ccccc6)C5)ncc4C)c[nH]c3n2)no1.Cc1nc(-c2ccc3c(-c4nc(N[C@H]5CC[C@H](C)N(C(=O)OCc6ccccc6)C5)ncc4C)cn(-c4ccccc4)c3n2)no1.O=S=O. The lowest BCUT2D eigenvalue weighted by molar-refractivity contribution is 0.0689. The van der Waals surface area contributed by atoms with Crippen LogP contribution in [0.2, 0.25) is 0 Å². The molecule has 24 nitrogen and oxygen atoms in total. The van der Waals surface area contributed by atoms with Crippen molar-refractivity contribution in [3.05, 3.63) is 174 Å². The number of rotatable bonds is 13. The summed E-state index contributed by atoms with van der Waals surface area (Å²) in [6.45, 7) is 13.1. The van der Waals surface area contributed by atoms with Gasteiger partial charge in [0.05, 0.1) is 11.4 Å². The molecule has 2 aliphatic heterocycles. The van der Waals surface area contributed by atoms with Crippen LogP contribution in [0.5, 0.6) is 0 Å². The summed E-state index contributed by atoms with van der Waals surface area (Å²) >= 11 is -0.750. The van der Waals surface area contributed by atoms with Crippen molar-refractivity contribution in [2.75, 3.05) is 23.7 Å². The van der Waals surface area contributed by atoms with Crippen LogP contribution in [0.1, 0.15) is 73.6 Å². The molecule has 454 valence electrons. The molecule has 2 saturated heterocycles. The number of carbonyl (C=O) groups excluding carboxylic acids is 2. The summed E-state index contributed by atoms with van der Waals surface area (Å²) in [6.07, 6.45) is 10.4. The van der Waals surface area contributed by atoms with E-state index in [0.29, 0.717) is 65.5 Å². The van der Waals surface area contributed by atoms with E-state index in [1.165, 1.54) is 0 Å². The first-order chi connectivity index (χ1) is 43.3. The minimum absolute atomic E-state index is 0.00152. The topological polar surface area (TPSA) is 293 Å². The van der Waals surface area contributed by atoms with Crippen LogP contribution in [0.4, 0.5) is 21.5 Å². The highest BCUT2D eigenvalue weighted by Crippen LogP contribution is 2.36. The van der Waals surface area contributed by atoms with Crippen LogP contribution in [-0.4, -0.2) is 127 Å². The number of carbonyl (C=O) groups is 2. The molecule has 0 aliphatic carbocycles. The first-order valence-electron chi connectivity index (χ1n) is 29.0. The van der Waals surface area contributed by atoms with Crippen molar-refractivity contribution in [3.8, 4) is 51.2 Å². The fraction of sp³-hybridized carbons (Fsp3) is 0.281. The molecule has 2 amide bonds. The number of aromatic nitrogens is 12. The van der Waals surface area contributed by atoms with E-state index in [0.717, 1.165) is 92.6 Å². The normalized spacial score (nSPS) is 16.4. The number of aryl methyl sites for hydroxylation is 4. The predicted octanol–water partition coefficient (Wildman–Crippen LogP) is 11.4. The van der Waals surface area contributed by atoms with E-state index in [-0.39, 0.29) is 49.6 Å². The van der Waals surface area contributed by atoms with Crippen LogP contribution in [0, 0.1) is 27.7 Å². The van der Waals surface area contributed by atoms with Crippen LogP contribution in [-0.2, 0) is 34.3 Å². The second-order valence-corrected chi connectivity index (χ2v) is 22.0. The third-order valence-electron chi connectivity index (χ3n) is 15.5. The van der Waals surface area contributed by atoms with Gasteiger partial charge in [0.25, 0.3) is 0 Å². The van der Waals surface area contributed by atoms with Gasteiger partial charge in [0, 0.05) is 103 Å². The lowest BCUT2D eigenvalue weighted by Gasteiger charge is -2.37. The number of nitrogens with zero attached hydrogens (tertiary/aromatic N) is 13. The van der Waals surface area contributed by atoms with Gasteiger partial charge in [-0.2, -0.15) is 18.4 Å². The van der Waals surface area contributed by atoms with E-state index in [1.807, 2.05) is 148 Å². The van der Waals surface area contributed by atoms with Crippen LogP contribution in [0.25, 0.3) is 73.3 Å². The van der Waals surface area contributed by atoms with E-state index in [1.54, 1.807) is 23.6 Å². The van der Waals surface area contributed by atoms with Crippen molar-refractivity contribution < 1.29 is 36.5 Å². The Hall–Kier alpha value is -10.6. The van der Waals surface area contributed by atoms with Gasteiger partial charge >= 0.3 is 23.8 Å². The van der Waals surface area contributed by atoms with Gasteiger partial charge < -0.3 is 48.5 Å². The van der Waals surface area contributed by atoms with Gasteiger partial charge in [-0.3, -0.25) is 0 Å². The largest absolute Gasteiger partial charge is 0.445 e. The highest BCUT2D eigenvalue weighted by Gasteiger charge is 2.33. The van der Waals surface area contributed by atoms with Crippen molar-refractivity contribution >= 4 is 57.7 Å². The summed E-state index contributed by atoms with van der Waals surface area (Å²) in [6, 6.07) is 37.4. The average molecular weight is 1220 g/mol. The lowest BCUT2D eigenvalue weighted by Crippen LogP contribution is -2.50. The molecule has 0 saturated carbocycles. The Kier molecular flexibility index (Phi) is 18.5. The molecular formula is C64H64N16O8S. The van der Waals surface area contributed by atoms with Crippen LogP contribution >= 0.6 is 0 Å². The third kappa shape index (κ3) is 14.2. The number of hydrogen-bond acceptors (Lipinski definition) is 20. The zero-order valence-electron chi connectivity index (χ0n) is 49.7. The molecule has 11 aromatic rings. The molecule has 3 aromatic carbocycles. The van der Waals surface area contributed by atoms with Crippen LogP contribution in [0.15, 0.2) is 149 Å². The molecule has 0 radical (unpaired) electrons. The lowest BCUT2D eigenvalue weighted by atomic mass is 10.00. The summed E-state index contributed by atoms with van der Waals surface area (Å²) in [5.74, 6) is 2.86. The Morgan fingerprint density at radius 2 is 1.06 bits per heavy atom. The summed E-state index contributed by atoms with van der Waals surface area (Å²) in [5, 5.41) is 16.8. The van der Waals surface area contributed by atoms with Gasteiger partial charge in [0.15, 0.2) is 0 Å². The summed E-state index contributed by atoms with van der Waals surface area (Å²) in [5.41, 5.74) is 10.9. The monoisotopic (exact) mass is 1220 g/mol. The molecule has 3 N–H and O–H groups in total. The summed E-state index contributed by atoms with van der Waals surface area (Å²) in [4.78, 5) is 70.0. The maximum absolute atomic E-state index is 13.0. The fourth-order valence-corrected chi connectivity index (χ4v) is 10.8. The quantitative estimate of drug-likeness (QED) is 0.0966. The average Bonchev–Trinajstić information content (AvgIpc) is 1.76. The molecule has 4 atom stereocenters. The number of piperidine rings is 2. The molecule has 8 aromatic heterocycles. The number of H-pyrrole nitrogens is 1. The van der Waals surface area contributed by atoms with Crippen molar-refractivity contribution in [3.63, 3.8) is 0 Å². The Balaban J connectivity index is 0.000000177. The number of amides is 2. The van der Waals surface area contributed by atoms with Crippen molar-refractivity contribution in [1.29, 1.82) is 0 Å². The number of benzene rings is 3. The summed E-state index contributed by atoms with van der Waals surface area (Å²) in [7, 11) is 0. The first kappa shape index (κ1) is 60.1. The zero-order valence-corrected chi connectivity index (χ0v) is 50.5. The van der Waals surface area contributed by atoms with Gasteiger partial charge in [0.1, 0.15) is 35.9 Å². The van der Waals surface area contributed by atoms with E-state index in [2.05, 4.69) is 75.5 Å². The zero-order chi connectivity index (χ0) is 62.0. The number of para-hydroxylation sites is 1. The number of ether oxygens (including phenoxy) is 2. The minimum atomic E-state index is -0.750. The van der Waals surface area contributed by atoms with Crippen molar-refractivity contribution in [2.45, 2.75) is 105 Å². The number of anilines is 2. The molecule has 2 fully saturated rings. The second kappa shape index (κ2) is 27.4. The smallest absolute Gasteiger partial charge is 0.410 e. The molecule has 13 rings (SSSR count). The van der Waals surface area contributed by atoms with E-state index < -0.39 is 11.6 Å². The van der Waals surface area contributed by atoms with E-state index in [9.17, 15) is 9.59 Å². The molecule has 10 heterocycles. The Morgan fingerprint density at radius 1 is 0.584 bits per heavy atom. The minimum Gasteiger partial charge on any atom is -0.445 e. The molecule has 25 heteroatoms. The van der Waals surface area contributed by atoms with Gasteiger partial charge in [-0.15, -0.1) is 0 Å². The van der Waals surface area contributed by atoms with E-state index >= 15 is 0 Å². The maximum atomic E-state index is 13.0. The van der Waals surface area contributed by atoms with Gasteiger partial charge in [-0.1, -0.05) is 89.2 Å². The number of nitrogens with one attached hydrogen (secondary N) is 3. The standard InChI is InChI=1S/C35H34N8O3.C29H30N8O3.O2S/c1-22-18-36-34(38-26-15-14-23(2)42(19-26)35(44)45-21-25-10-6-4-7-11-25)40-31(22)29-20-43(27-12-8-5-9-13-27)33-28(29)16-17-30(39-33)32-37-24(3)46-41-32;1-17-13-31-28(33-21-10-9-18(2)37(15-21)29(38)39-16-20-7-5-4-6-8-20)35-25(17)23-14-30-26-22(23)11-12-24(34-26)27-32-19(3)40-36-27;1-3-2/h4-13,16-18,20,23,26H,14-15,19,21H2,1-3H3,(H,36,38,40);4-8,11-14,18,21H,9-10,15-16H2,1-3H3,(H,30,34)(H,31,33,35);/t23-,26-;18-,21-;/m00./s1. The number of hydrogen-bond donors (Lipinski definition) is 3. The van der Waals surface area contributed by atoms with Gasteiger partial charge in [0.2, 0.25) is 35.3 Å². The first-order valence-corrected chi connectivity index (χ1v) is 29.7. The Bertz CT molecular complexity index is 4290. The number of likely N-dealkylation sites (tertiary alicyclic amines) is 2. The molecular weight excluding hydrogens is 1150 g/mol. The highest BCUT2D eigenvalue weighted by molar-refractivity contribution is 7.51. The number of pyridine rings is 2. The Labute approximate surface area is 515 Å². The highest BCUT2D eigenvalue weighted by atomic mass is 32.1. The van der Waals surface area contributed by atoms with Gasteiger partial charge in [-0.25, -0.2) is 39.5 Å². The molecule has 0 bridgehead atoms.